The van der Waals surface area contributed by atoms with Crippen molar-refractivity contribution in [2.45, 2.75) is 32.7 Å². The van der Waals surface area contributed by atoms with E-state index >= 15 is 0 Å². The monoisotopic (exact) mass is 477 g/mol. The van der Waals surface area contributed by atoms with Crippen LogP contribution in [0.15, 0.2) is 57.2 Å². The van der Waals surface area contributed by atoms with E-state index < -0.39 is 5.91 Å². The molecule has 0 bridgehead atoms. The average Bonchev–Trinajstić information content (AvgIpc) is 2.96. The van der Waals surface area contributed by atoms with Crippen LogP contribution >= 0.6 is 27.5 Å². The van der Waals surface area contributed by atoms with Gasteiger partial charge >= 0.3 is 5.91 Å². The lowest BCUT2D eigenvalue weighted by atomic mass is 10.2. The summed E-state index contributed by atoms with van der Waals surface area (Å²) >= 11 is 9.26. The number of fused-ring (bicyclic) bond motifs is 1. The van der Waals surface area contributed by atoms with Crippen molar-refractivity contribution in [1.82, 2.24) is 4.57 Å². The van der Waals surface area contributed by atoms with Gasteiger partial charge in [0.2, 0.25) is 5.88 Å². The van der Waals surface area contributed by atoms with Crippen LogP contribution in [0.5, 0.6) is 11.6 Å². The van der Waals surface area contributed by atoms with Crippen LogP contribution in [0.25, 0.3) is 10.9 Å². The second-order valence-corrected chi connectivity index (χ2v) is 7.88. The summed E-state index contributed by atoms with van der Waals surface area (Å²) < 4.78 is 8.04. The quantitative estimate of drug-likeness (QED) is 0.291. The molecular weight excluding hydrogens is 458 g/mol. The molecule has 1 heterocycles. The van der Waals surface area contributed by atoms with Gasteiger partial charge in [0.1, 0.15) is 5.75 Å². The molecule has 0 radical (unpaired) electrons. The molecule has 0 atom stereocenters. The van der Waals surface area contributed by atoms with E-state index in [-0.39, 0.29) is 18.2 Å². The molecule has 6 nitrogen and oxygen atoms in total. The topological polar surface area (TPSA) is 76.2 Å². The SMILES string of the molecule is CCCCCn1c(O)c(N=NC(=O)COc2ccc(Cl)cc2)c2cc(Br)ccc21. The Morgan fingerprint density at radius 1 is 1.21 bits per heavy atom. The van der Waals surface area contributed by atoms with Crippen molar-refractivity contribution in [2.75, 3.05) is 6.61 Å². The summed E-state index contributed by atoms with van der Waals surface area (Å²) in [4.78, 5) is 12.1. The van der Waals surface area contributed by atoms with Crippen LogP contribution < -0.4 is 4.74 Å². The van der Waals surface area contributed by atoms with Crippen molar-refractivity contribution >= 4 is 50.0 Å². The highest BCUT2D eigenvalue weighted by Crippen LogP contribution is 2.40. The fourth-order valence-corrected chi connectivity index (χ4v) is 3.44. The zero-order valence-electron chi connectivity index (χ0n) is 15.9. The molecule has 0 unspecified atom stereocenters. The Morgan fingerprint density at radius 3 is 2.69 bits per heavy atom. The number of nitrogens with zero attached hydrogens (tertiary/aromatic N) is 3. The first-order valence-electron chi connectivity index (χ1n) is 9.33. The third-order valence-corrected chi connectivity index (χ3v) is 5.14. The number of aromatic nitrogens is 1. The van der Waals surface area contributed by atoms with Gasteiger partial charge in [-0.25, -0.2) is 0 Å². The van der Waals surface area contributed by atoms with Gasteiger partial charge in [0, 0.05) is 21.4 Å². The number of carbonyl (C=O) groups excluding carboxylic acids is 1. The van der Waals surface area contributed by atoms with Crippen molar-refractivity contribution in [1.29, 1.82) is 0 Å². The van der Waals surface area contributed by atoms with Gasteiger partial charge in [-0.05, 0) is 48.9 Å². The maximum absolute atomic E-state index is 12.1. The molecule has 2 aromatic carbocycles. The highest BCUT2D eigenvalue weighted by Gasteiger charge is 2.17. The summed E-state index contributed by atoms with van der Waals surface area (Å²) in [5, 5.41) is 19.8. The lowest BCUT2D eigenvalue weighted by Crippen LogP contribution is -2.07. The van der Waals surface area contributed by atoms with Gasteiger partial charge in [0.25, 0.3) is 0 Å². The Balaban J connectivity index is 1.78. The van der Waals surface area contributed by atoms with Gasteiger partial charge in [0.05, 0.1) is 5.52 Å². The number of hydrogen-bond donors (Lipinski definition) is 1. The molecular formula is C21H21BrClN3O3. The maximum atomic E-state index is 12.1. The summed E-state index contributed by atoms with van der Waals surface area (Å²) in [6.45, 7) is 2.54. The van der Waals surface area contributed by atoms with Crippen molar-refractivity contribution in [2.24, 2.45) is 10.2 Å². The number of aryl methyl sites for hydroxylation is 1. The summed E-state index contributed by atoms with van der Waals surface area (Å²) in [6, 6.07) is 12.4. The highest BCUT2D eigenvalue weighted by atomic mass is 79.9. The van der Waals surface area contributed by atoms with E-state index in [1.165, 1.54) is 0 Å². The predicted molar refractivity (Wildman–Crippen MR) is 117 cm³/mol. The van der Waals surface area contributed by atoms with Crippen LogP contribution in [0.1, 0.15) is 26.2 Å². The van der Waals surface area contributed by atoms with E-state index in [4.69, 9.17) is 16.3 Å². The first-order chi connectivity index (χ1) is 14.0. The highest BCUT2D eigenvalue weighted by molar-refractivity contribution is 9.10. The molecule has 0 aliphatic heterocycles. The number of amides is 1. The van der Waals surface area contributed by atoms with Crippen LogP contribution in [0.2, 0.25) is 5.02 Å². The van der Waals surface area contributed by atoms with Gasteiger partial charge in [-0.3, -0.25) is 4.79 Å². The number of ether oxygens (including phenoxy) is 1. The van der Waals surface area contributed by atoms with E-state index in [1.54, 1.807) is 28.8 Å². The third-order valence-electron chi connectivity index (χ3n) is 4.39. The van der Waals surface area contributed by atoms with Crippen LogP contribution in [0, 0.1) is 0 Å². The van der Waals surface area contributed by atoms with E-state index in [1.807, 2.05) is 18.2 Å². The molecule has 0 spiro atoms. The first-order valence-corrected chi connectivity index (χ1v) is 10.5. The Hall–Kier alpha value is -2.38. The number of azo groups is 1. The van der Waals surface area contributed by atoms with E-state index in [9.17, 15) is 9.90 Å². The van der Waals surface area contributed by atoms with Gasteiger partial charge < -0.3 is 14.4 Å². The third kappa shape index (κ3) is 5.36. The van der Waals surface area contributed by atoms with Gasteiger partial charge in [-0.15, -0.1) is 10.2 Å². The summed E-state index contributed by atoms with van der Waals surface area (Å²) in [5.74, 6) is -0.0390. The van der Waals surface area contributed by atoms with Crippen LogP contribution in [-0.4, -0.2) is 22.2 Å². The summed E-state index contributed by atoms with van der Waals surface area (Å²) in [6.07, 6.45) is 3.08. The number of unbranched alkanes of at least 4 members (excludes halogenated alkanes) is 2. The molecule has 8 heteroatoms. The minimum Gasteiger partial charge on any atom is -0.493 e. The van der Waals surface area contributed by atoms with Crippen LogP contribution in [0.4, 0.5) is 5.69 Å². The zero-order valence-corrected chi connectivity index (χ0v) is 18.3. The molecule has 1 amide bonds. The smallest absolute Gasteiger partial charge is 0.302 e. The van der Waals surface area contributed by atoms with E-state index in [2.05, 4.69) is 33.1 Å². The van der Waals surface area contributed by atoms with Crippen molar-refractivity contribution < 1.29 is 14.6 Å². The second kappa shape index (κ2) is 9.89. The Kier molecular flexibility index (Phi) is 7.28. The minimum atomic E-state index is -0.554. The fourth-order valence-electron chi connectivity index (χ4n) is 2.95. The van der Waals surface area contributed by atoms with Crippen molar-refractivity contribution in [3.05, 3.63) is 52.0 Å². The Labute approximate surface area is 182 Å². The standard InChI is InChI=1S/C21H21BrClN3O3/c1-2-3-4-11-26-18-10-5-14(22)12-17(18)20(21(26)28)25-24-19(27)13-29-16-8-6-15(23)7-9-16/h5-10,12,28H,2-4,11,13H2,1H3. The molecule has 0 fully saturated rings. The molecule has 1 N–H and O–H groups in total. The molecule has 3 rings (SSSR count). The fraction of sp³-hybridized carbons (Fsp3) is 0.286. The number of carbonyl (C=O) groups is 1. The molecule has 3 aromatic rings. The lowest BCUT2D eigenvalue weighted by molar-refractivity contribution is -0.120. The maximum Gasteiger partial charge on any atom is 0.302 e. The van der Waals surface area contributed by atoms with E-state index in [0.29, 0.717) is 17.3 Å². The number of halogens is 2. The van der Waals surface area contributed by atoms with Crippen molar-refractivity contribution in [3.8, 4) is 11.6 Å². The second-order valence-electron chi connectivity index (χ2n) is 6.53. The molecule has 0 aliphatic carbocycles. The summed E-state index contributed by atoms with van der Waals surface area (Å²) in [5.41, 5.74) is 1.12. The average molecular weight is 479 g/mol. The summed E-state index contributed by atoms with van der Waals surface area (Å²) in [7, 11) is 0. The predicted octanol–water partition coefficient (Wildman–Crippen LogP) is 6.64. The molecule has 152 valence electrons. The van der Waals surface area contributed by atoms with Gasteiger partial charge in [0.15, 0.2) is 12.3 Å². The minimum absolute atomic E-state index is 0.00405. The van der Waals surface area contributed by atoms with Gasteiger partial charge in [-0.1, -0.05) is 47.3 Å². The largest absolute Gasteiger partial charge is 0.493 e. The van der Waals surface area contributed by atoms with Crippen molar-refractivity contribution in [3.63, 3.8) is 0 Å². The number of rotatable bonds is 8. The molecule has 0 aliphatic rings. The Morgan fingerprint density at radius 2 is 1.97 bits per heavy atom. The first kappa shape index (κ1) is 21.3. The Bertz CT molecular complexity index is 1030. The molecule has 0 saturated carbocycles. The van der Waals surface area contributed by atoms with Crippen LogP contribution in [-0.2, 0) is 11.3 Å². The molecule has 1 aromatic heterocycles. The zero-order chi connectivity index (χ0) is 20.8. The molecule has 0 saturated heterocycles. The molecule has 29 heavy (non-hydrogen) atoms. The van der Waals surface area contributed by atoms with Crippen LogP contribution in [0.3, 0.4) is 0 Å². The number of aromatic hydroxyl groups is 1. The van der Waals surface area contributed by atoms with E-state index in [0.717, 1.165) is 34.6 Å². The van der Waals surface area contributed by atoms with Gasteiger partial charge in [-0.2, -0.15) is 0 Å². The normalized spacial score (nSPS) is 11.4. The number of benzene rings is 2. The number of hydrogen-bond acceptors (Lipinski definition) is 4. The lowest BCUT2D eigenvalue weighted by Gasteiger charge is -2.06.